The van der Waals surface area contributed by atoms with E-state index >= 15 is 0 Å². The van der Waals surface area contributed by atoms with Crippen molar-refractivity contribution >= 4 is 27.8 Å². The van der Waals surface area contributed by atoms with Crippen LogP contribution in [0.25, 0.3) is 0 Å². The van der Waals surface area contributed by atoms with Crippen molar-refractivity contribution in [2.75, 3.05) is 18.0 Å². The number of nitrogens with zero attached hydrogens (tertiary/aromatic N) is 3. The molecule has 0 aliphatic rings. The van der Waals surface area contributed by atoms with E-state index in [4.69, 9.17) is 5.73 Å². The van der Waals surface area contributed by atoms with E-state index in [0.29, 0.717) is 12.5 Å². The molecule has 76 valence electrons. The Morgan fingerprint density at radius 3 is 2.57 bits per heavy atom. The molecule has 0 saturated carbocycles. The number of likely N-dealkylation sites (N-methyl/N-ethyl adjacent to an activating group) is 1. The van der Waals surface area contributed by atoms with Gasteiger partial charge in [-0.15, -0.1) is 0 Å². The third-order valence-electron chi connectivity index (χ3n) is 1.62. The molecule has 0 atom stereocenters. The lowest BCUT2D eigenvalue weighted by Gasteiger charge is -2.18. The summed E-state index contributed by atoms with van der Waals surface area (Å²) in [4.78, 5) is 20.6. The molecule has 0 aliphatic heterocycles. The Morgan fingerprint density at radius 2 is 2.14 bits per heavy atom. The molecule has 0 aromatic carbocycles. The van der Waals surface area contributed by atoms with Gasteiger partial charge in [0, 0.05) is 18.9 Å². The van der Waals surface area contributed by atoms with E-state index in [1.165, 1.54) is 0 Å². The van der Waals surface area contributed by atoms with Crippen molar-refractivity contribution < 1.29 is 4.79 Å². The van der Waals surface area contributed by atoms with Crippen molar-refractivity contribution in [3.05, 3.63) is 16.9 Å². The third-order valence-corrected chi connectivity index (χ3v) is 2.03. The van der Waals surface area contributed by atoms with E-state index in [0.717, 1.165) is 4.47 Å². The number of amides is 1. The smallest absolute Gasteiger partial charge is 0.237 e. The van der Waals surface area contributed by atoms with Crippen LogP contribution in [0.3, 0.4) is 0 Å². The summed E-state index contributed by atoms with van der Waals surface area (Å²) in [6.45, 7) is 2.69. The summed E-state index contributed by atoms with van der Waals surface area (Å²) in [7, 11) is 0. The first-order valence-electron chi connectivity index (χ1n) is 4.14. The Morgan fingerprint density at radius 1 is 1.57 bits per heavy atom. The highest BCUT2D eigenvalue weighted by Crippen LogP contribution is 2.10. The lowest BCUT2D eigenvalue weighted by molar-refractivity contribution is -0.116. The second-order valence-electron chi connectivity index (χ2n) is 2.68. The van der Waals surface area contributed by atoms with E-state index in [1.807, 2.05) is 6.92 Å². The van der Waals surface area contributed by atoms with Crippen LogP contribution in [0.1, 0.15) is 6.92 Å². The van der Waals surface area contributed by atoms with Gasteiger partial charge in [-0.1, -0.05) is 0 Å². The number of hydrogen-bond donors (Lipinski definition) is 1. The molecule has 1 rings (SSSR count). The van der Waals surface area contributed by atoms with Gasteiger partial charge in [0.1, 0.15) is 0 Å². The van der Waals surface area contributed by atoms with Crippen molar-refractivity contribution in [1.29, 1.82) is 0 Å². The highest BCUT2D eigenvalue weighted by atomic mass is 79.9. The maximum absolute atomic E-state index is 10.7. The molecule has 1 aromatic heterocycles. The average Bonchev–Trinajstić information content (AvgIpc) is 2.15. The topological polar surface area (TPSA) is 72.1 Å². The molecule has 0 spiro atoms. The van der Waals surface area contributed by atoms with Gasteiger partial charge in [-0.05, 0) is 22.9 Å². The zero-order valence-electron chi connectivity index (χ0n) is 7.77. The fourth-order valence-corrected chi connectivity index (χ4v) is 1.19. The highest BCUT2D eigenvalue weighted by Gasteiger charge is 2.09. The van der Waals surface area contributed by atoms with Crippen LogP contribution in [0.4, 0.5) is 5.95 Å². The van der Waals surface area contributed by atoms with E-state index in [-0.39, 0.29) is 6.54 Å². The molecular weight excluding hydrogens is 248 g/mol. The van der Waals surface area contributed by atoms with Gasteiger partial charge < -0.3 is 10.6 Å². The maximum Gasteiger partial charge on any atom is 0.237 e. The van der Waals surface area contributed by atoms with Crippen LogP contribution in [0.15, 0.2) is 16.9 Å². The molecule has 0 fully saturated rings. The molecule has 0 radical (unpaired) electrons. The quantitative estimate of drug-likeness (QED) is 0.857. The summed E-state index contributed by atoms with van der Waals surface area (Å²) in [6.07, 6.45) is 3.26. The molecule has 1 heterocycles. The first kappa shape index (κ1) is 10.9. The monoisotopic (exact) mass is 258 g/mol. The van der Waals surface area contributed by atoms with E-state index in [2.05, 4.69) is 25.9 Å². The van der Waals surface area contributed by atoms with Crippen molar-refractivity contribution in [2.24, 2.45) is 5.73 Å². The standard InChI is InChI=1S/C8H11BrN4O/c1-2-13(5-7(10)14)8-11-3-6(9)4-12-8/h3-4H,2,5H2,1H3,(H2,10,14). The number of nitrogens with two attached hydrogens (primary N) is 1. The van der Waals surface area contributed by atoms with Crippen LogP contribution in [-0.4, -0.2) is 29.0 Å². The Bertz CT molecular complexity index is 314. The van der Waals surface area contributed by atoms with Crippen LogP contribution in [-0.2, 0) is 4.79 Å². The summed E-state index contributed by atoms with van der Waals surface area (Å²) in [5.41, 5.74) is 5.09. The number of rotatable bonds is 4. The summed E-state index contributed by atoms with van der Waals surface area (Å²) < 4.78 is 0.802. The van der Waals surface area contributed by atoms with Crippen LogP contribution >= 0.6 is 15.9 Å². The second kappa shape index (κ2) is 4.90. The molecule has 0 bridgehead atoms. The van der Waals surface area contributed by atoms with Gasteiger partial charge in [0.25, 0.3) is 0 Å². The summed E-state index contributed by atoms with van der Waals surface area (Å²) in [6, 6.07) is 0. The van der Waals surface area contributed by atoms with E-state index < -0.39 is 5.91 Å². The molecule has 0 saturated heterocycles. The fourth-order valence-electron chi connectivity index (χ4n) is 0.981. The van der Waals surface area contributed by atoms with Gasteiger partial charge in [-0.2, -0.15) is 0 Å². The number of carbonyl (C=O) groups excluding carboxylic acids is 1. The van der Waals surface area contributed by atoms with Crippen LogP contribution < -0.4 is 10.6 Å². The zero-order valence-corrected chi connectivity index (χ0v) is 9.36. The third kappa shape index (κ3) is 2.95. The number of aromatic nitrogens is 2. The zero-order chi connectivity index (χ0) is 10.6. The van der Waals surface area contributed by atoms with Gasteiger partial charge in [0.05, 0.1) is 11.0 Å². The lowest BCUT2D eigenvalue weighted by Crippen LogP contribution is -2.34. The molecule has 5 nitrogen and oxygen atoms in total. The molecule has 2 N–H and O–H groups in total. The van der Waals surface area contributed by atoms with Gasteiger partial charge in [-0.3, -0.25) is 4.79 Å². The van der Waals surface area contributed by atoms with Crippen molar-refractivity contribution in [3.8, 4) is 0 Å². The Labute approximate surface area is 90.5 Å². The van der Waals surface area contributed by atoms with E-state index in [9.17, 15) is 4.79 Å². The first-order valence-corrected chi connectivity index (χ1v) is 4.93. The molecule has 6 heteroatoms. The SMILES string of the molecule is CCN(CC(N)=O)c1ncc(Br)cn1. The second-order valence-corrected chi connectivity index (χ2v) is 3.60. The Balaban J connectivity index is 2.78. The normalized spacial score (nSPS) is 9.86. The lowest BCUT2D eigenvalue weighted by atomic mass is 10.5. The number of carbonyl (C=O) groups is 1. The van der Waals surface area contributed by atoms with Gasteiger partial charge in [-0.25, -0.2) is 9.97 Å². The Kier molecular flexibility index (Phi) is 3.82. The minimum atomic E-state index is -0.390. The van der Waals surface area contributed by atoms with Crippen molar-refractivity contribution in [1.82, 2.24) is 9.97 Å². The number of anilines is 1. The molecule has 14 heavy (non-hydrogen) atoms. The highest BCUT2D eigenvalue weighted by molar-refractivity contribution is 9.10. The minimum Gasteiger partial charge on any atom is -0.368 e. The summed E-state index contributed by atoms with van der Waals surface area (Å²) in [5.74, 6) is 0.118. The number of hydrogen-bond acceptors (Lipinski definition) is 4. The molecule has 0 aliphatic carbocycles. The maximum atomic E-state index is 10.7. The Hall–Kier alpha value is -1.17. The fraction of sp³-hybridized carbons (Fsp3) is 0.375. The molecule has 1 aromatic rings. The van der Waals surface area contributed by atoms with Crippen LogP contribution in [0, 0.1) is 0 Å². The van der Waals surface area contributed by atoms with Gasteiger partial charge in [0.2, 0.25) is 11.9 Å². The average molecular weight is 259 g/mol. The number of halogens is 1. The van der Waals surface area contributed by atoms with Gasteiger partial charge in [0.15, 0.2) is 0 Å². The van der Waals surface area contributed by atoms with E-state index in [1.54, 1.807) is 17.3 Å². The van der Waals surface area contributed by atoms with Crippen LogP contribution in [0.2, 0.25) is 0 Å². The molecule has 0 unspecified atom stereocenters. The largest absolute Gasteiger partial charge is 0.368 e. The van der Waals surface area contributed by atoms with Crippen molar-refractivity contribution in [3.63, 3.8) is 0 Å². The predicted molar refractivity (Wildman–Crippen MR) is 56.8 cm³/mol. The molecular formula is C8H11BrN4O. The predicted octanol–water partition coefficient (Wildman–Crippen LogP) is 0.551. The molecule has 1 amide bonds. The minimum absolute atomic E-state index is 0.137. The van der Waals surface area contributed by atoms with Crippen LogP contribution in [0.5, 0.6) is 0 Å². The van der Waals surface area contributed by atoms with Gasteiger partial charge >= 0.3 is 0 Å². The number of primary amides is 1. The summed E-state index contributed by atoms with van der Waals surface area (Å²) >= 11 is 3.23. The summed E-state index contributed by atoms with van der Waals surface area (Å²) in [5, 5.41) is 0. The van der Waals surface area contributed by atoms with Crippen molar-refractivity contribution in [2.45, 2.75) is 6.92 Å². The first-order chi connectivity index (χ1) is 6.63.